The third kappa shape index (κ3) is 4.04. The molecule has 0 atom stereocenters. The molecule has 0 unspecified atom stereocenters. The smallest absolute Gasteiger partial charge is 0.255 e. The molecule has 136 valence electrons. The first kappa shape index (κ1) is 18.0. The zero-order valence-electron chi connectivity index (χ0n) is 15.3. The number of nitrogens with two attached hydrogens (primary N) is 1. The van der Waals surface area contributed by atoms with Crippen LogP contribution in [0.15, 0.2) is 42.5 Å². The van der Waals surface area contributed by atoms with E-state index in [4.69, 9.17) is 5.73 Å². The van der Waals surface area contributed by atoms with Crippen molar-refractivity contribution in [2.24, 2.45) is 11.7 Å². The van der Waals surface area contributed by atoms with Gasteiger partial charge in [0.2, 0.25) is 5.91 Å². The SMILES string of the molecule is Cc1ccc(C(=O)Nc2ccc(N3CCC(C(N)=O)CC3)cc2)cc1C. The summed E-state index contributed by atoms with van der Waals surface area (Å²) in [5.41, 5.74) is 10.2. The number of hydrogen-bond donors (Lipinski definition) is 2. The molecule has 5 heteroatoms. The first-order chi connectivity index (χ1) is 12.4. The van der Waals surface area contributed by atoms with Gasteiger partial charge in [-0.1, -0.05) is 6.07 Å². The topological polar surface area (TPSA) is 75.4 Å². The van der Waals surface area contributed by atoms with Gasteiger partial charge in [-0.3, -0.25) is 9.59 Å². The van der Waals surface area contributed by atoms with Crippen LogP contribution in [0.2, 0.25) is 0 Å². The quantitative estimate of drug-likeness (QED) is 0.888. The highest BCUT2D eigenvalue weighted by Crippen LogP contribution is 2.24. The molecule has 0 aromatic heterocycles. The van der Waals surface area contributed by atoms with Crippen molar-refractivity contribution in [3.8, 4) is 0 Å². The number of primary amides is 1. The molecular weight excluding hydrogens is 326 g/mol. The maximum Gasteiger partial charge on any atom is 0.255 e. The minimum Gasteiger partial charge on any atom is -0.371 e. The van der Waals surface area contributed by atoms with Gasteiger partial charge in [0.15, 0.2) is 0 Å². The number of carbonyl (C=O) groups is 2. The monoisotopic (exact) mass is 351 g/mol. The first-order valence-corrected chi connectivity index (χ1v) is 8.97. The molecule has 2 aromatic rings. The number of amides is 2. The van der Waals surface area contributed by atoms with E-state index in [0.717, 1.165) is 42.9 Å². The standard InChI is InChI=1S/C21H25N3O2/c1-14-3-4-17(13-15(14)2)21(26)23-18-5-7-19(8-6-18)24-11-9-16(10-12-24)20(22)25/h3-8,13,16H,9-12H2,1-2H3,(H2,22,25)(H,23,26). The number of anilines is 2. The fraction of sp³-hybridized carbons (Fsp3) is 0.333. The number of piperidine rings is 1. The van der Waals surface area contributed by atoms with Crippen LogP contribution in [0.4, 0.5) is 11.4 Å². The molecule has 2 amide bonds. The van der Waals surface area contributed by atoms with Gasteiger partial charge in [0.1, 0.15) is 0 Å². The number of nitrogens with zero attached hydrogens (tertiary/aromatic N) is 1. The van der Waals surface area contributed by atoms with Crippen LogP contribution in [-0.2, 0) is 4.79 Å². The first-order valence-electron chi connectivity index (χ1n) is 8.97. The van der Waals surface area contributed by atoms with E-state index in [1.165, 1.54) is 5.56 Å². The van der Waals surface area contributed by atoms with E-state index in [2.05, 4.69) is 10.2 Å². The molecule has 0 bridgehead atoms. The predicted molar refractivity (Wildman–Crippen MR) is 104 cm³/mol. The third-order valence-electron chi connectivity index (χ3n) is 5.16. The molecule has 3 rings (SSSR count). The summed E-state index contributed by atoms with van der Waals surface area (Å²) < 4.78 is 0. The average Bonchev–Trinajstić information content (AvgIpc) is 2.64. The van der Waals surface area contributed by atoms with Gasteiger partial charge in [0.25, 0.3) is 5.91 Å². The number of carbonyl (C=O) groups excluding carboxylic acids is 2. The summed E-state index contributed by atoms with van der Waals surface area (Å²) in [7, 11) is 0. The van der Waals surface area contributed by atoms with Gasteiger partial charge in [-0.05, 0) is 74.2 Å². The summed E-state index contributed by atoms with van der Waals surface area (Å²) >= 11 is 0. The van der Waals surface area contributed by atoms with Crippen LogP contribution in [0.1, 0.15) is 34.3 Å². The van der Waals surface area contributed by atoms with Crippen LogP contribution in [0.25, 0.3) is 0 Å². The van der Waals surface area contributed by atoms with Gasteiger partial charge in [-0.25, -0.2) is 0 Å². The van der Waals surface area contributed by atoms with Gasteiger partial charge >= 0.3 is 0 Å². The van der Waals surface area contributed by atoms with Crippen LogP contribution in [0.3, 0.4) is 0 Å². The van der Waals surface area contributed by atoms with Gasteiger partial charge < -0.3 is 16.0 Å². The number of nitrogens with one attached hydrogen (secondary N) is 1. The molecule has 1 aliphatic heterocycles. The highest BCUT2D eigenvalue weighted by Gasteiger charge is 2.23. The van der Waals surface area contributed by atoms with Gasteiger partial charge in [-0.15, -0.1) is 0 Å². The third-order valence-corrected chi connectivity index (χ3v) is 5.16. The second-order valence-electron chi connectivity index (χ2n) is 6.96. The largest absolute Gasteiger partial charge is 0.371 e. The van der Waals surface area contributed by atoms with E-state index in [1.54, 1.807) is 0 Å². The summed E-state index contributed by atoms with van der Waals surface area (Å²) in [5, 5.41) is 2.94. The van der Waals surface area contributed by atoms with Gasteiger partial charge in [0, 0.05) is 35.9 Å². The Morgan fingerprint density at radius 2 is 1.65 bits per heavy atom. The van der Waals surface area contributed by atoms with Crippen molar-refractivity contribution in [2.75, 3.05) is 23.3 Å². The van der Waals surface area contributed by atoms with Crippen molar-refractivity contribution in [3.63, 3.8) is 0 Å². The van der Waals surface area contributed by atoms with Crippen LogP contribution >= 0.6 is 0 Å². The van der Waals surface area contributed by atoms with Crippen molar-refractivity contribution in [2.45, 2.75) is 26.7 Å². The zero-order chi connectivity index (χ0) is 18.7. The summed E-state index contributed by atoms with van der Waals surface area (Å²) in [5.74, 6) is -0.319. The molecule has 1 saturated heterocycles. The predicted octanol–water partition coefficient (Wildman–Crippen LogP) is 3.26. The Bertz CT molecular complexity index is 807. The van der Waals surface area contributed by atoms with E-state index >= 15 is 0 Å². The Hall–Kier alpha value is -2.82. The van der Waals surface area contributed by atoms with Crippen molar-refractivity contribution in [1.82, 2.24) is 0 Å². The lowest BCUT2D eigenvalue weighted by Crippen LogP contribution is -2.38. The summed E-state index contributed by atoms with van der Waals surface area (Å²) in [4.78, 5) is 25.9. The Morgan fingerprint density at radius 1 is 1.00 bits per heavy atom. The van der Waals surface area contributed by atoms with E-state index in [0.29, 0.717) is 5.56 Å². The Morgan fingerprint density at radius 3 is 2.23 bits per heavy atom. The number of benzene rings is 2. The van der Waals surface area contributed by atoms with E-state index in [-0.39, 0.29) is 17.7 Å². The molecule has 0 radical (unpaired) electrons. The molecule has 26 heavy (non-hydrogen) atoms. The molecule has 1 aliphatic rings. The van der Waals surface area contributed by atoms with Crippen molar-refractivity contribution in [3.05, 3.63) is 59.2 Å². The number of rotatable bonds is 4. The average molecular weight is 351 g/mol. The van der Waals surface area contributed by atoms with Crippen LogP contribution < -0.4 is 16.0 Å². The molecule has 2 aromatic carbocycles. The van der Waals surface area contributed by atoms with Crippen LogP contribution in [0, 0.1) is 19.8 Å². The summed E-state index contributed by atoms with van der Waals surface area (Å²) in [6, 6.07) is 13.5. The molecule has 1 fully saturated rings. The van der Waals surface area contributed by atoms with Crippen molar-refractivity contribution < 1.29 is 9.59 Å². The van der Waals surface area contributed by atoms with Gasteiger partial charge in [-0.2, -0.15) is 0 Å². The summed E-state index contributed by atoms with van der Waals surface area (Å²) in [6.45, 7) is 5.67. The maximum atomic E-state index is 12.4. The van der Waals surface area contributed by atoms with Gasteiger partial charge in [0.05, 0.1) is 0 Å². The van der Waals surface area contributed by atoms with E-state index in [1.807, 2.05) is 56.3 Å². The summed E-state index contributed by atoms with van der Waals surface area (Å²) in [6.07, 6.45) is 1.58. The molecule has 0 aliphatic carbocycles. The number of aryl methyl sites for hydroxylation is 2. The minimum atomic E-state index is -0.200. The fourth-order valence-corrected chi connectivity index (χ4v) is 3.26. The van der Waals surface area contributed by atoms with E-state index in [9.17, 15) is 9.59 Å². The second-order valence-corrected chi connectivity index (χ2v) is 6.96. The lowest BCUT2D eigenvalue weighted by Gasteiger charge is -2.32. The fourth-order valence-electron chi connectivity index (χ4n) is 3.26. The Kier molecular flexibility index (Phi) is 5.26. The minimum absolute atomic E-state index is 0.0113. The highest BCUT2D eigenvalue weighted by molar-refractivity contribution is 6.04. The second kappa shape index (κ2) is 7.60. The lowest BCUT2D eigenvalue weighted by atomic mass is 9.96. The normalized spacial score (nSPS) is 14.9. The Balaban J connectivity index is 1.62. The Labute approximate surface area is 154 Å². The molecule has 1 heterocycles. The highest BCUT2D eigenvalue weighted by atomic mass is 16.2. The maximum absolute atomic E-state index is 12.4. The molecular formula is C21H25N3O2. The molecule has 0 spiro atoms. The number of hydrogen-bond acceptors (Lipinski definition) is 3. The van der Waals surface area contributed by atoms with Crippen LogP contribution in [0.5, 0.6) is 0 Å². The molecule has 0 saturated carbocycles. The van der Waals surface area contributed by atoms with Crippen LogP contribution in [-0.4, -0.2) is 24.9 Å². The van der Waals surface area contributed by atoms with Crippen molar-refractivity contribution >= 4 is 23.2 Å². The molecule has 5 nitrogen and oxygen atoms in total. The van der Waals surface area contributed by atoms with Crippen molar-refractivity contribution in [1.29, 1.82) is 0 Å². The van der Waals surface area contributed by atoms with E-state index < -0.39 is 0 Å². The zero-order valence-corrected chi connectivity index (χ0v) is 15.3. The lowest BCUT2D eigenvalue weighted by molar-refractivity contribution is -0.122. The molecule has 3 N–H and O–H groups in total.